The number of nitrogens with one attached hydrogen (secondary N) is 1. The van der Waals surface area contributed by atoms with Crippen molar-refractivity contribution in [2.75, 3.05) is 37.4 Å². The first kappa shape index (κ1) is 15.3. The number of carbonyl (C=O) groups is 2. The molecule has 1 aromatic carbocycles. The third-order valence-electron chi connectivity index (χ3n) is 3.57. The molecule has 0 atom stereocenters. The van der Waals surface area contributed by atoms with Crippen molar-refractivity contribution in [1.82, 2.24) is 4.90 Å². The van der Waals surface area contributed by atoms with Gasteiger partial charge in [0.25, 0.3) is 0 Å². The van der Waals surface area contributed by atoms with E-state index in [1.54, 1.807) is 11.0 Å². The fourth-order valence-electron chi connectivity index (χ4n) is 2.22. The van der Waals surface area contributed by atoms with E-state index in [-0.39, 0.29) is 18.4 Å². The molecule has 3 N–H and O–H groups in total. The van der Waals surface area contributed by atoms with Gasteiger partial charge in [-0.1, -0.05) is 6.07 Å². The molecule has 0 aromatic heterocycles. The zero-order chi connectivity index (χ0) is 15.2. The molecule has 0 spiro atoms. The first-order valence-electron chi connectivity index (χ1n) is 7.08. The molecule has 0 saturated carbocycles. The standard InChI is InChI=1S/C15H21N3O3/c1-11-12(16)4-2-5-13(11)17-14(19)6-3-7-18-8-9-21-10-15(18)20/h2,4-5H,3,6-10,16H2,1H3,(H,17,19). The van der Waals surface area contributed by atoms with Gasteiger partial charge in [0.2, 0.25) is 11.8 Å². The van der Waals surface area contributed by atoms with Crippen LogP contribution in [0.3, 0.4) is 0 Å². The van der Waals surface area contributed by atoms with Crippen LogP contribution in [-0.2, 0) is 14.3 Å². The van der Waals surface area contributed by atoms with Gasteiger partial charge in [-0.15, -0.1) is 0 Å². The molecule has 0 bridgehead atoms. The van der Waals surface area contributed by atoms with Crippen LogP contribution in [0.2, 0.25) is 0 Å². The molecule has 21 heavy (non-hydrogen) atoms. The fourth-order valence-corrected chi connectivity index (χ4v) is 2.22. The minimum Gasteiger partial charge on any atom is -0.398 e. The van der Waals surface area contributed by atoms with Gasteiger partial charge >= 0.3 is 0 Å². The maximum atomic E-state index is 11.9. The Labute approximate surface area is 124 Å². The van der Waals surface area contributed by atoms with E-state index in [1.165, 1.54) is 0 Å². The Balaban J connectivity index is 1.77. The van der Waals surface area contributed by atoms with E-state index in [0.717, 1.165) is 11.3 Å². The van der Waals surface area contributed by atoms with Crippen molar-refractivity contribution in [3.05, 3.63) is 23.8 Å². The summed E-state index contributed by atoms with van der Waals surface area (Å²) in [5, 5.41) is 2.85. The van der Waals surface area contributed by atoms with Gasteiger partial charge in [0, 0.05) is 30.9 Å². The number of morpholine rings is 1. The van der Waals surface area contributed by atoms with Crippen LogP contribution < -0.4 is 11.1 Å². The molecule has 1 heterocycles. The third kappa shape index (κ3) is 4.19. The normalized spacial score (nSPS) is 15.1. The Morgan fingerprint density at radius 3 is 3.05 bits per heavy atom. The number of hydrogen-bond donors (Lipinski definition) is 2. The van der Waals surface area contributed by atoms with Crippen molar-refractivity contribution < 1.29 is 14.3 Å². The maximum absolute atomic E-state index is 11.9. The summed E-state index contributed by atoms with van der Waals surface area (Å²) in [5.74, 6) is -0.0715. The summed E-state index contributed by atoms with van der Waals surface area (Å²) in [4.78, 5) is 25.2. The summed E-state index contributed by atoms with van der Waals surface area (Å²) in [6.07, 6.45) is 1.01. The van der Waals surface area contributed by atoms with E-state index in [0.29, 0.717) is 38.2 Å². The highest BCUT2D eigenvalue weighted by molar-refractivity contribution is 5.92. The summed E-state index contributed by atoms with van der Waals surface area (Å²) in [5.41, 5.74) is 8.07. The lowest BCUT2D eigenvalue weighted by Gasteiger charge is -2.26. The molecule has 1 aliphatic rings. The van der Waals surface area contributed by atoms with Crippen LogP contribution in [0.15, 0.2) is 18.2 Å². The van der Waals surface area contributed by atoms with Crippen molar-refractivity contribution in [3.8, 4) is 0 Å². The molecule has 0 aliphatic carbocycles. The molecule has 2 amide bonds. The number of hydrogen-bond acceptors (Lipinski definition) is 4. The van der Waals surface area contributed by atoms with Gasteiger partial charge in [-0.05, 0) is 31.0 Å². The van der Waals surface area contributed by atoms with Gasteiger partial charge < -0.3 is 20.7 Å². The number of rotatable bonds is 5. The van der Waals surface area contributed by atoms with E-state index < -0.39 is 0 Å². The van der Waals surface area contributed by atoms with Crippen LogP contribution in [0.25, 0.3) is 0 Å². The maximum Gasteiger partial charge on any atom is 0.248 e. The van der Waals surface area contributed by atoms with E-state index >= 15 is 0 Å². The molecule has 6 heteroatoms. The van der Waals surface area contributed by atoms with Gasteiger partial charge in [0.1, 0.15) is 6.61 Å². The van der Waals surface area contributed by atoms with E-state index in [2.05, 4.69) is 5.32 Å². The zero-order valence-electron chi connectivity index (χ0n) is 12.2. The lowest BCUT2D eigenvalue weighted by molar-refractivity contribution is -0.142. The van der Waals surface area contributed by atoms with Gasteiger partial charge in [-0.2, -0.15) is 0 Å². The number of ether oxygens (including phenoxy) is 1. The second-order valence-electron chi connectivity index (χ2n) is 5.10. The van der Waals surface area contributed by atoms with Crippen LogP contribution in [0.1, 0.15) is 18.4 Å². The second kappa shape index (κ2) is 7.08. The zero-order valence-corrected chi connectivity index (χ0v) is 12.2. The molecule has 1 saturated heterocycles. The van der Waals surface area contributed by atoms with Crippen molar-refractivity contribution >= 4 is 23.2 Å². The first-order valence-corrected chi connectivity index (χ1v) is 7.08. The number of benzene rings is 1. The van der Waals surface area contributed by atoms with Crippen LogP contribution in [-0.4, -0.2) is 43.0 Å². The minimum absolute atomic E-state index is 0.00617. The predicted molar refractivity (Wildman–Crippen MR) is 80.9 cm³/mol. The van der Waals surface area contributed by atoms with Gasteiger partial charge in [0.05, 0.1) is 6.61 Å². The van der Waals surface area contributed by atoms with Crippen LogP contribution in [0.4, 0.5) is 11.4 Å². The Hall–Kier alpha value is -2.08. The van der Waals surface area contributed by atoms with Crippen molar-refractivity contribution in [1.29, 1.82) is 0 Å². The van der Waals surface area contributed by atoms with Crippen LogP contribution in [0, 0.1) is 6.92 Å². The minimum atomic E-state index is -0.0654. The molecular weight excluding hydrogens is 270 g/mol. The van der Waals surface area contributed by atoms with Crippen LogP contribution in [0.5, 0.6) is 0 Å². The topological polar surface area (TPSA) is 84.7 Å². The summed E-state index contributed by atoms with van der Waals surface area (Å²) >= 11 is 0. The average molecular weight is 291 g/mol. The highest BCUT2D eigenvalue weighted by atomic mass is 16.5. The Kier molecular flexibility index (Phi) is 5.16. The molecular formula is C15H21N3O3. The quantitative estimate of drug-likeness (QED) is 0.797. The van der Waals surface area contributed by atoms with Crippen molar-refractivity contribution in [2.24, 2.45) is 0 Å². The number of anilines is 2. The number of nitrogens with two attached hydrogens (primary N) is 1. The Morgan fingerprint density at radius 2 is 2.29 bits per heavy atom. The lowest BCUT2D eigenvalue weighted by Crippen LogP contribution is -2.42. The van der Waals surface area contributed by atoms with E-state index in [1.807, 2.05) is 19.1 Å². The molecule has 0 unspecified atom stereocenters. The van der Waals surface area contributed by atoms with Gasteiger partial charge in [-0.25, -0.2) is 0 Å². The van der Waals surface area contributed by atoms with Gasteiger partial charge in [0.15, 0.2) is 0 Å². The van der Waals surface area contributed by atoms with Gasteiger partial charge in [-0.3, -0.25) is 9.59 Å². The molecule has 2 rings (SSSR count). The average Bonchev–Trinajstić information content (AvgIpc) is 2.46. The summed E-state index contributed by atoms with van der Waals surface area (Å²) < 4.78 is 5.06. The SMILES string of the molecule is Cc1c(N)cccc1NC(=O)CCCN1CCOCC1=O. The molecule has 114 valence electrons. The Morgan fingerprint density at radius 1 is 1.48 bits per heavy atom. The molecule has 1 aromatic rings. The summed E-state index contributed by atoms with van der Waals surface area (Å²) in [6, 6.07) is 5.44. The number of carbonyl (C=O) groups excluding carboxylic acids is 2. The smallest absolute Gasteiger partial charge is 0.248 e. The number of amides is 2. The monoisotopic (exact) mass is 291 g/mol. The van der Waals surface area contributed by atoms with Crippen LogP contribution >= 0.6 is 0 Å². The van der Waals surface area contributed by atoms with E-state index in [9.17, 15) is 9.59 Å². The van der Waals surface area contributed by atoms with E-state index in [4.69, 9.17) is 10.5 Å². The molecule has 0 radical (unpaired) electrons. The lowest BCUT2D eigenvalue weighted by atomic mass is 10.1. The first-order chi connectivity index (χ1) is 10.1. The highest BCUT2D eigenvalue weighted by Crippen LogP contribution is 2.20. The highest BCUT2D eigenvalue weighted by Gasteiger charge is 2.18. The second-order valence-corrected chi connectivity index (χ2v) is 5.10. The Bertz CT molecular complexity index is 531. The number of nitrogens with zero attached hydrogens (tertiary/aromatic N) is 1. The largest absolute Gasteiger partial charge is 0.398 e. The molecule has 6 nitrogen and oxygen atoms in total. The fraction of sp³-hybridized carbons (Fsp3) is 0.467. The number of nitrogen functional groups attached to an aromatic ring is 1. The summed E-state index contributed by atoms with van der Waals surface area (Å²) in [7, 11) is 0. The molecule has 1 aliphatic heterocycles. The predicted octanol–water partition coefficient (Wildman–Crippen LogP) is 1.15. The third-order valence-corrected chi connectivity index (χ3v) is 3.57. The molecule has 1 fully saturated rings. The summed E-state index contributed by atoms with van der Waals surface area (Å²) in [6.45, 7) is 3.78. The van der Waals surface area contributed by atoms with Crippen molar-refractivity contribution in [2.45, 2.75) is 19.8 Å². The van der Waals surface area contributed by atoms with Crippen molar-refractivity contribution in [3.63, 3.8) is 0 Å².